The molecule has 0 saturated heterocycles. The number of rotatable bonds is 3. The van der Waals surface area contributed by atoms with Crippen LogP contribution in [-0.4, -0.2) is 5.97 Å². The SMILES string of the molecule is Cc1ccc(-c2ccc(C(=O)Oc3cccc(F)c3Cl)cc2)cc1. The van der Waals surface area contributed by atoms with Crippen molar-refractivity contribution in [3.63, 3.8) is 0 Å². The van der Waals surface area contributed by atoms with Gasteiger partial charge in [0.15, 0.2) is 5.75 Å². The van der Waals surface area contributed by atoms with E-state index in [0.717, 1.165) is 11.1 Å². The van der Waals surface area contributed by atoms with Crippen molar-refractivity contribution in [3.8, 4) is 16.9 Å². The molecule has 0 aromatic heterocycles. The van der Waals surface area contributed by atoms with Crippen LogP contribution in [0.4, 0.5) is 4.39 Å². The molecule has 0 saturated carbocycles. The normalized spacial score (nSPS) is 10.5. The number of hydrogen-bond acceptors (Lipinski definition) is 2. The average molecular weight is 341 g/mol. The largest absolute Gasteiger partial charge is 0.421 e. The van der Waals surface area contributed by atoms with Gasteiger partial charge in [-0.3, -0.25) is 0 Å². The summed E-state index contributed by atoms with van der Waals surface area (Å²) in [5, 5.41) is -0.206. The highest BCUT2D eigenvalue weighted by atomic mass is 35.5. The van der Waals surface area contributed by atoms with Crippen molar-refractivity contribution in [1.82, 2.24) is 0 Å². The molecule has 3 rings (SSSR count). The van der Waals surface area contributed by atoms with Crippen LogP contribution in [0.3, 0.4) is 0 Å². The van der Waals surface area contributed by atoms with E-state index in [0.29, 0.717) is 5.56 Å². The molecule has 3 aromatic rings. The van der Waals surface area contributed by atoms with Gasteiger partial charge < -0.3 is 4.74 Å². The lowest BCUT2D eigenvalue weighted by atomic mass is 10.0. The van der Waals surface area contributed by atoms with Crippen LogP contribution in [0.25, 0.3) is 11.1 Å². The molecule has 0 radical (unpaired) electrons. The number of aryl methyl sites for hydroxylation is 1. The molecule has 0 aliphatic rings. The first-order chi connectivity index (χ1) is 11.5. The second kappa shape index (κ2) is 6.85. The number of esters is 1. The molecule has 0 bridgehead atoms. The fraction of sp³-hybridized carbons (Fsp3) is 0.0500. The maximum absolute atomic E-state index is 13.4. The Labute approximate surface area is 144 Å². The van der Waals surface area contributed by atoms with E-state index in [1.807, 2.05) is 43.3 Å². The molecule has 120 valence electrons. The standard InChI is InChI=1S/C20H14ClFO2/c1-13-5-7-14(8-6-13)15-9-11-16(12-10-15)20(23)24-18-4-2-3-17(22)19(18)21/h2-12H,1H3. The average Bonchev–Trinajstić information content (AvgIpc) is 2.60. The van der Waals surface area contributed by atoms with Gasteiger partial charge >= 0.3 is 5.97 Å². The van der Waals surface area contributed by atoms with Gasteiger partial charge in [0.2, 0.25) is 0 Å². The third-order valence-corrected chi connectivity index (χ3v) is 3.99. The fourth-order valence-electron chi connectivity index (χ4n) is 2.27. The highest BCUT2D eigenvalue weighted by Gasteiger charge is 2.13. The van der Waals surface area contributed by atoms with Gasteiger partial charge in [0.05, 0.1) is 5.56 Å². The third kappa shape index (κ3) is 3.47. The van der Waals surface area contributed by atoms with Crippen molar-refractivity contribution >= 4 is 17.6 Å². The smallest absolute Gasteiger partial charge is 0.343 e. The molecule has 0 aliphatic carbocycles. The summed E-state index contributed by atoms with van der Waals surface area (Å²) in [5.74, 6) is -1.21. The van der Waals surface area contributed by atoms with Crippen LogP contribution in [0, 0.1) is 12.7 Å². The van der Waals surface area contributed by atoms with Gasteiger partial charge in [-0.25, -0.2) is 9.18 Å². The zero-order valence-electron chi connectivity index (χ0n) is 12.9. The molecule has 2 nitrogen and oxygen atoms in total. The number of halogens is 2. The van der Waals surface area contributed by atoms with Crippen LogP contribution < -0.4 is 4.74 Å². The molecule has 0 amide bonds. The third-order valence-electron chi connectivity index (χ3n) is 3.62. The second-order valence-electron chi connectivity index (χ2n) is 5.38. The predicted octanol–water partition coefficient (Wildman–Crippen LogP) is 5.67. The molecule has 0 atom stereocenters. The molecule has 0 spiro atoms. The van der Waals surface area contributed by atoms with Crippen LogP contribution in [0.2, 0.25) is 5.02 Å². The van der Waals surface area contributed by atoms with E-state index >= 15 is 0 Å². The van der Waals surface area contributed by atoms with Crippen LogP contribution in [-0.2, 0) is 0 Å². The maximum Gasteiger partial charge on any atom is 0.343 e. The molecule has 3 aromatic carbocycles. The first-order valence-corrected chi connectivity index (χ1v) is 7.76. The summed E-state index contributed by atoms with van der Waals surface area (Å²) in [5.41, 5.74) is 3.61. The van der Waals surface area contributed by atoms with E-state index in [1.54, 1.807) is 12.1 Å². The minimum Gasteiger partial charge on any atom is -0.421 e. The predicted molar refractivity (Wildman–Crippen MR) is 93.0 cm³/mol. The van der Waals surface area contributed by atoms with E-state index in [9.17, 15) is 9.18 Å². The van der Waals surface area contributed by atoms with Gasteiger partial charge in [-0.2, -0.15) is 0 Å². The van der Waals surface area contributed by atoms with Crippen LogP contribution in [0.5, 0.6) is 5.75 Å². The van der Waals surface area contributed by atoms with Crippen molar-refractivity contribution in [2.24, 2.45) is 0 Å². The summed E-state index contributed by atoms with van der Waals surface area (Å²) in [6.45, 7) is 2.03. The second-order valence-corrected chi connectivity index (χ2v) is 5.76. The molecule has 24 heavy (non-hydrogen) atoms. The quantitative estimate of drug-likeness (QED) is 0.453. The van der Waals surface area contributed by atoms with Crippen LogP contribution in [0.1, 0.15) is 15.9 Å². The lowest BCUT2D eigenvalue weighted by Crippen LogP contribution is -2.08. The summed E-state index contributed by atoms with van der Waals surface area (Å²) in [4.78, 5) is 12.2. The van der Waals surface area contributed by atoms with E-state index < -0.39 is 11.8 Å². The summed E-state index contributed by atoms with van der Waals surface area (Å²) < 4.78 is 18.5. The molecule has 0 aliphatic heterocycles. The minimum absolute atomic E-state index is 0.00396. The molecule has 0 N–H and O–H groups in total. The zero-order chi connectivity index (χ0) is 17.1. The van der Waals surface area contributed by atoms with Gasteiger partial charge in [-0.05, 0) is 42.3 Å². The van der Waals surface area contributed by atoms with Crippen molar-refractivity contribution in [2.45, 2.75) is 6.92 Å². The van der Waals surface area contributed by atoms with Gasteiger partial charge in [0, 0.05) is 0 Å². The minimum atomic E-state index is -0.628. The summed E-state index contributed by atoms with van der Waals surface area (Å²) >= 11 is 5.79. The Morgan fingerprint density at radius 2 is 1.50 bits per heavy atom. The van der Waals surface area contributed by atoms with E-state index in [2.05, 4.69) is 0 Å². The lowest BCUT2D eigenvalue weighted by molar-refractivity contribution is 0.0734. The van der Waals surface area contributed by atoms with Crippen molar-refractivity contribution in [1.29, 1.82) is 0 Å². The Morgan fingerprint density at radius 3 is 2.12 bits per heavy atom. The van der Waals surface area contributed by atoms with Crippen LogP contribution in [0.15, 0.2) is 66.7 Å². The Bertz CT molecular complexity index is 871. The summed E-state index contributed by atoms with van der Waals surface area (Å²) in [7, 11) is 0. The Hall–Kier alpha value is -2.65. The summed E-state index contributed by atoms with van der Waals surface area (Å²) in [6.07, 6.45) is 0. The lowest BCUT2D eigenvalue weighted by Gasteiger charge is -2.07. The van der Waals surface area contributed by atoms with Crippen molar-refractivity contribution in [3.05, 3.63) is 88.7 Å². The van der Waals surface area contributed by atoms with E-state index in [1.165, 1.54) is 23.8 Å². The highest BCUT2D eigenvalue weighted by molar-refractivity contribution is 6.32. The number of ether oxygens (including phenoxy) is 1. The fourth-order valence-corrected chi connectivity index (χ4v) is 2.43. The first-order valence-electron chi connectivity index (χ1n) is 7.38. The number of carbonyl (C=O) groups excluding carboxylic acids is 1. The van der Waals surface area contributed by atoms with Gasteiger partial charge in [-0.1, -0.05) is 59.6 Å². The molecule has 0 heterocycles. The Kier molecular flexibility index (Phi) is 4.63. The molecular weight excluding hydrogens is 327 g/mol. The Morgan fingerprint density at radius 1 is 0.917 bits per heavy atom. The maximum atomic E-state index is 13.4. The molecule has 0 fully saturated rings. The number of benzene rings is 3. The summed E-state index contributed by atoms with van der Waals surface area (Å²) in [6, 6.07) is 19.2. The Balaban J connectivity index is 1.79. The van der Waals surface area contributed by atoms with Gasteiger partial charge in [-0.15, -0.1) is 0 Å². The highest BCUT2D eigenvalue weighted by Crippen LogP contribution is 2.28. The van der Waals surface area contributed by atoms with E-state index in [-0.39, 0.29) is 10.8 Å². The van der Waals surface area contributed by atoms with Crippen molar-refractivity contribution < 1.29 is 13.9 Å². The molecule has 4 heteroatoms. The topological polar surface area (TPSA) is 26.3 Å². The molecular formula is C20H14ClFO2. The van der Waals surface area contributed by atoms with Gasteiger partial charge in [0.1, 0.15) is 10.8 Å². The van der Waals surface area contributed by atoms with E-state index in [4.69, 9.17) is 16.3 Å². The zero-order valence-corrected chi connectivity index (χ0v) is 13.7. The molecule has 0 unspecified atom stereocenters. The first kappa shape index (κ1) is 16.2. The van der Waals surface area contributed by atoms with Gasteiger partial charge in [0.25, 0.3) is 0 Å². The number of carbonyl (C=O) groups is 1. The van der Waals surface area contributed by atoms with Crippen molar-refractivity contribution in [2.75, 3.05) is 0 Å². The van der Waals surface area contributed by atoms with Crippen LogP contribution >= 0.6 is 11.6 Å². The monoisotopic (exact) mass is 340 g/mol. The number of hydrogen-bond donors (Lipinski definition) is 0.